The smallest absolute Gasteiger partial charge is 0.319 e. The number of nitrogens with zero attached hydrogens (tertiary/aromatic N) is 6. The molecule has 0 saturated carbocycles. The molecule has 0 aliphatic heterocycles. The van der Waals surface area contributed by atoms with E-state index < -0.39 is 96.3 Å². The number of rotatable bonds is 8. The van der Waals surface area contributed by atoms with Gasteiger partial charge in [0.05, 0.1) is 37.3 Å². The maximum Gasteiger partial charge on any atom is 0.323 e. The standard InChI is InChI=1S/C65H46N6O.Pt/c1-65(2,3)48-36-37-66-62(39-48)71-56-33-17-16-30-54(56)55-41-60-61(42-58(55)71)70(64(72)69(60)49-26-14-7-15-27-49)51-29-18-28-50(40-51)67-43-68(57-35-34-47(38-59(57)67)44-20-8-4-9-21-44)63-52(45-22-10-5-11-23-45)31-19-32-53(63)46-24-12-6-13-25-46;/h4-39,41H,1-3H3;/q-2;/i4D,5D,6D,8D,9D,10D,11D,12D,13D,20D,21D,22D,23D,24D,25D;. The summed E-state index contributed by atoms with van der Waals surface area (Å²) in [5.74, 6) is 0.642. The average molecular weight is 1140 g/mol. The zero-order chi connectivity index (χ0) is 61.6. The molecule has 0 spiro atoms. The molecule has 13 aromatic rings. The predicted molar refractivity (Wildman–Crippen MR) is 291 cm³/mol. The van der Waals surface area contributed by atoms with Gasteiger partial charge in [0.25, 0.3) is 6.33 Å². The fraction of sp³-hybridized carbons (Fsp3) is 0.0615. The molecule has 8 heteroatoms. The van der Waals surface area contributed by atoms with Crippen LogP contribution in [0, 0.1) is 18.5 Å². The third-order valence-corrected chi connectivity index (χ3v) is 12.9. The summed E-state index contributed by atoms with van der Waals surface area (Å²) >= 11 is 0. The van der Waals surface area contributed by atoms with Gasteiger partial charge < -0.3 is 18.3 Å². The third kappa shape index (κ3) is 7.76. The summed E-state index contributed by atoms with van der Waals surface area (Å²) in [6, 6.07) is 35.3. The van der Waals surface area contributed by atoms with E-state index in [2.05, 4.69) is 39.2 Å². The van der Waals surface area contributed by atoms with Crippen molar-refractivity contribution < 1.29 is 46.2 Å². The fourth-order valence-corrected chi connectivity index (χ4v) is 9.52. The third-order valence-electron chi connectivity index (χ3n) is 12.9. The van der Waals surface area contributed by atoms with E-state index in [0.29, 0.717) is 28.1 Å². The van der Waals surface area contributed by atoms with Crippen molar-refractivity contribution >= 4 is 43.9 Å². The van der Waals surface area contributed by atoms with Crippen molar-refractivity contribution in [2.24, 2.45) is 0 Å². The summed E-state index contributed by atoms with van der Waals surface area (Å²) in [7, 11) is 0. The summed E-state index contributed by atoms with van der Waals surface area (Å²) in [5.41, 5.74) is 3.56. The monoisotopic (exact) mass is 1140 g/mol. The largest absolute Gasteiger partial charge is 0.323 e. The van der Waals surface area contributed by atoms with Gasteiger partial charge in [0, 0.05) is 38.5 Å². The Morgan fingerprint density at radius 2 is 1.18 bits per heavy atom. The van der Waals surface area contributed by atoms with Crippen LogP contribution in [0.1, 0.15) is 46.9 Å². The first-order valence-electron chi connectivity index (χ1n) is 30.5. The van der Waals surface area contributed by atoms with Crippen molar-refractivity contribution in [1.82, 2.24) is 23.3 Å². The molecule has 73 heavy (non-hydrogen) atoms. The zero-order valence-corrected chi connectivity index (χ0v) is 41.4. The summed E-state index contributed by atoms with van der Waals surface area (Å²) in [5, 5.41) is 1.71. The Hall–Kier alpha value is -8.64. The summed E-state index contributed by atoms with van der Waals surface area (Å²) in [4.78, 5) is 20.5. The maximum atomic E-state index is 15.6. The predicted octanol–water partition coefficient (Wildman–Crippen LogP) is 14.2. The van der Waals surface area contributed by atoms with Gasteiger partial charge in [-0.05, 0) is 103 Å². The van der Waals surface area contributed by atoms with E-state index in [-0.39, 0.29) is 88.0 Å². The minimum Gasteiger partial charge on any atom is -0.319 e. The molecule has 13 rings (SSSR count). The Bertz CT molecular complexity index is 5030. The number of hydrogen-bond donors (Lipinski definition) is 0. The van der Waals surface area contributed by atoms with Crippen molar-refractivity contribution in [2.75, 3.05) is 0 Å². The van der Waals surface area contributed by atoms with Crippen molar-refractivity contribution in [3.05, 3.63) is 259 Å². The molecule has 0 aliphatic carbocycles. The first kappa shape index (κ1) is 31.6. The Kier molecular flexibility index (Phi) is 7.89. The molecule has 0 amide bonds. The molecule has 9 aromatic carbocycles. The zero-order valence-electron chi connectivity index (χ0n) is 54.1. The van der Waals surface area contributed by atoms with E-state index >= 15 is 4.79 Å². The van der Waals surface area contributed by atoms with Crippen molar-refractivity contribution in [2.45, 2.75) is 26.2 Å². The van der Waals surface area contributed by atoms with Crippen LogP contribution in [0.2, 0.25) is 0 Å². The molecule has 4 heterocycles. The van der Waals surface area contributed by atoms with Gasteiger partial charge in [-0.3, -0.25) is 4.57 Å². The molecule has 0 bridgehead atoms. The maximum absolute atomic E-state index is 15.6. The number of aromatic nitrogens is 6. The van der Waals surface area contributed by atoms with E-state index in [1.54, 1.807) is 41.1 Å². The van der Waals surface area contributed by atoms with E-state index in [4.69, 9.17) is 20.1 Å². The second-order valence-corrected chi connectivity index (χ2v) is 18.2. The second kappa shape index (κ2) is 18.2. The number of fused-ring (bicyclic) bond motifs is 5. The van der Waals surface area contributed by atoms with Gasteiger partial charge in [-0.25, -0.2) is 9.78 Å². The molecule has 354 valence electrons. The average Bonchev–Trinajstić information content (AvgIpc) is 1.69. The Balaban J connectivity index is 0.00000754. The Labute approximate surface area is 458 Å². The van der Waals surface area contributed by atoms with Crippen molar-refractivity contribution in [3.63, 3.8) is 0 Å². The number of hydrogen-bond acceptors (Lipinski definition) is 2. The first-order chi connectivity index (χ1) is 41.5. The van der Waals surface area contributed by atoms with Gasteiger partial charge in [0.1, 0.15) is 5.82 Å². The normalized spacial score (nSPS) is 14.6. The Morgan fingerprint density at radius 3 is 1.88 bits per heavy atom. The van der Waals surface area contributed by atoms with Crippen LogP contribution in [0.3, 0.4) is 0 Å². The van der Waals surface area contributed by atoms with Gasteiger partial charge in [-0.1, -0.05) is 195 Å². The molecule has 0 unspecified atom stereocenters. The molecule has 0 N–H and O–H groups in total. The van der Waals surface area contributed by atoms with Gasteiger partial charge in [0.2, 0.25) is 0 Å². The molecule has 0 atom stereocenters. The van der Waals surface area contributed by atoms with Crippen molar-refractivity contribution in [3.8, 4) is 61.9 Å². The molecule has 0 radical (unpaired) electrons. The summed E-state index contributed by atoms with van der Waals surface area (Å²) in [6.07, 6.45) is 5.15. The van der Waals surface area contributed by atoms with Crippen LogP contribution >= 0.6 is 0 Å². The van der Waals surface area contributed by atoms with Crippen LogP contribution in [0.4, 0.5) is 0 Å². The summed E-state index contributed by atoms with van der Waals surface area (Å²) in [6.45, 7) is 6.38. The Morgan fingerprint density at radius 1 is 0.534 bits per heavy atom. The molecule has 7 nitrogen and oxygen atoms in total. The molecular formula is C65H46N6OPt-2. The molecule has 0 saturated heterocycles. The first-order valence-corrected chi connectivity index (χ1v) is 23.0. The van der Waals surface area contributed by atoms with Gasteiger partial charge in [-0.15, -0.1) is 18.2 Å². The molecule has 0 aliphatic rings. The summed E-state index contributed by atoms with van der Waals surface area (Å²) < 4.78 is 141. The number of para-hydroxylation sites is 3. The van der Waals surface area contributed by atoms with E-state index in [1.807, 2.05) is 77.4 Å². The number of benzene rings is 9. The van der Waals surface area contributed by atoms with Crippen LogP contribution in [0.25, 0.3) is 106 Å². The van der Waals surface area contributed by atoms with Crippen LogP contribution in [-0.4, -0.2) is 23.3 Å². The van der Waals surface area contributed by atoms with Gasteiger partial charge in [0.15, 0.2) is 0 Å². The molecule has 4 aromatic heterocycles. The number of pyridine rings is 1. The fourth-order valence-electron chi connectivity index (χ4n) is 9.52. The quantitative estimate of drug-likeness (QED) is 0.112. The topological polar surface area (TPSA) is 53.6 Å². The van der Waals surface area contributed by atoms with E-state index in [0.717, 1.165) is 21.9 Å². The van der Waals surface area contributed by atoms with Crippen LogP contribution in [0.15, 0.2) is 229 Å². The molecular weight excluding hydrogens is 1080 g/mol. The SMILES string of the molecule is [2H]c1c([2H])c([2H])c(-c2ccc3c(c2)n(-c2[c-]c(-n4c(=O)n(-c5ccccc5)c5cc6c7ccccc7n(-c7cc(C(C)(C)C)ccn7)c6[c-]c54)ccc2)[c-][n+]3-c2c(-c3c([2H])c([2H])c([2H])c([2H])c3[2H])cccc2-c2c([2H])c([2H])c([2H])c([2H])c2[2H])c([2H])c1[2H].[Pt]. The second-order valence-electron chi connectivity index (χ2n) is 18.2. The van der Waals surface area contributed by atoms with Crippen LogP contribution in [0.5, 0.6) is 0 Å². The van der Waals surface area contributed by atoms with Crippen molar-refractivity contribution in [1.29, 1.82) is 0 Å². The van der Waals surface area contributed by atoms with Gasteiger partial charge >= 0.3 is 5.69 Å². The minimum absolute atomic E-state index is 0. The van der Waals surface area contributed by atoms with Gasteiger partial charge in [-0.2, -0.15) is 18.2 Å². The minimum atomic E-state index is -0.665. The van der Waals surface area contributed by atoms with E-state index in [9.17, 15) is 5.48 Å². The van der Waals surface area contributed by atoms with Crippen LogP contribution < -0.4 is 10.3 Å². The number of imidazole rings is 2. The van der Waals surface area contributed by atoms with Crippen LogP contribution in [-0.2, 0) is 26.5 Å². The van der Waals surface area contributed by atoms with E-state index in [1.165, 1.54) is 38.0 Å². The molecule has 0 fully saturated rings.